The summed E-state index contributed by atoms with van der Waals surface area (Å²) in [6.07, 6.45) is 1.59. The van der Waals surface area contributed by atoms with Gasteiger partial charge in [0.1, 0.15) is 12.4 Å². The van der Waals surface area contributed by atoms with Crippen LogP contribution in [-0.2, 0) is 19.6 Å². The van der Waals surface area contributed by atoms with E-state index in [4.69, 9.17) is 4.74 Å². The van der Waals surface area contributed by atoms with E-state index < -0.39 is 28.3 Å². The molecule has 118 valence electrons. The minimum Gasteiger partial charge on any atom is -0.385 e. The fraction of sp³-hybridized carbons (Fsp3) is 0.462. The average Bonchev–Trinajstić information content (AvgIpc) is 2.40. The normalized spacial score (nSPS) is 11.2. The number of methoxy groups -OCH3 is 1. The number of nitrogens with zero attached hydrogens (tertiary/aromatic N) is 1. The molecule has 1 aromatic carbocycles. The first-order chi connectivity index (χ1) is 9.84. The summed E-state index contributed by atoms with van der Waals surface area (Å²) in [5, 5.41) is 2.59. The number of anilines is 1. The molecule has 0 heterocycles. The molecule has 0 spiro atoms. The smallest absolute Gasteiger partial charge is 0.240 e. The van der Waals surface area contributed by atoms with Crippen molar-refractivity contribution in [2.24, 2.45) is 0 Å². The first-order valence-corrected chi connectivity index (χ1v) is 8.18. The lowest BCUT2D eigenvalue weighted by Crippen LogP contribution is -2.40. The van der Waals surface area contributed by atoms with E-state index in [9.17, 15) is 17.6 Å². The molecule has 0 radical (unpaired) electrons. The van der Waals surface area contributed by atoms with Crippen molar-refractivity contribution in [3.05, 3.63) is 30.1 Å². The Hall–Kier alpha value is -1.67. The molecule has 0 saturated heterocycles. The highest BCUT2D eigenvalue weighted by molar-refractivity contribution is 7.92. The number of ether oxygens (including phenoxy) is 1. The zero-order valence-electron chi connectivity index (χ0n) is 12.0. The highest BCUT2D eigenvalue weighted by Crippen LogP contribution is 2.18. The second-order valence-corrected chi connectivity index (χ2v) is 6.35. The number of amides is 1. The average molecular weight is 318 g/mol. The van der Waals surface area contributed by atoms with Gasteiger partial charge in [-0.05, 0) is 24.6 Å². The van der Waals surface area contributed by atoms with Crippen molar-refractivity contribution >= 4 is 21.6 Å². The van der Waals surface area contributed by atoms with E-state index in [-0.39, 0.29) is 5.69 Å². The molecular formula is C13H19FN2O4S. The summed E-state index contributed by atoms with van der Waals surface area (Å²) in [7, 11) is -2.13. The topological polar surface area (TPSA) is 75.7 Å². The van der Waals surface area contributed by atoms with E-state index in [2.05, 4.69) is 5.32 Å². The number of carbonyl (C=O) groups excluding carboxylic acids is 1. The Bertz CT molecular complexity index is 577. The SMILES string of the molecule is COCCCNC(=O)CN(c1cccc(F)c1)S(C)(=O)=O. The second-order valence-electron chi connectivity index (χ2n) is 4.45. The molecule has 1 aromatic rings. The van der Waals surface area contributed by atoms with Crippen LogP contribution in [0.2, 0.25) is 0 Å². The molecule has 0 bridgehead atoms. The lowest BCUT2D eigenvalue weighted by atomic mass is 10.3. The molecule has 0 fully saturated rings. The van der Waals surface area contributed by atoms with Gasteiger partial charge in [0.2, 0.25) is 15.9 Å². The fourth-order valence-corrected chi connectivity index (χ4v) is 2.51. The number of sulfonamides is 1. The second kappa shape index (κ2) is 7.94. The summed E-state index contributed by atoms with van der Waals surface area (Å²) in [5.74, 6) is -1.03. The van der Waals surface area contributed by atoms with E-state index in [1.54, 1.807) is 7.11 Å². The Kier molecular flexibility index (Phi) is 6.57. The van der Waals surface area contributed by atoms with E-state index in [0.717, 1.165) is 16.6 Å². The van der Waals surface area contributed by atoms with E-state index >= 15 is 0 Å². The zero-order chi connectivity index (χ0) is 15.9. The molecule has 1 rings (SSSR count). The summed E-state index contributed by atoms with van der Waals surface area (Å²) >= 11 is 0. The Balaban J connectivity index is 2.75. The molecular weight excluding hydrogens is 299 g/mol. The van der Waals surface area contributed by atoms with Gasteiger partial charge >= 0.3 is 0 Å². The monoisotopic (exact) mass is 318 g/mol. The highest BCUT2D eigenvalue weighted by atomic mass is 32.2. The predicted octanol–water partition coefficient (Wildman–Crippen LogP) is 0.744. The van der Waals surface area contributed by atoms with Crippen LogP contribution in [-0.4, -0.2) is 47.4 Å². The maximum atomic E-state index is 13.2. The molecule has 6 nitrogen and oxygen atoms in total. The minimum absolute atomic E-state index is 0.115. The number of benzene rings is 1. The van der Waals surface area contributed by atoms with E-state index in [1.165, 1.54) is 18.2 Å². The van der Waals surface area contributed by atoms with Crippen LogP contribution < -0.4 is 9.62 Å². The van der Waals surface area contributed by atoms with Crippen molar-refractivity contribution in [3.8, 4) is 0 Å². The quantitative estimate of drug-likeness (QED) is 0.718. The van der Waals surface area contributed by atoms with Crippen LogP contribution in [0.3, 0.4) is 0 Å². The third kappa shape index (κ3) is 6.09. The molecule has 0 aliphatic carbocycles. The number of carbonyl (C=O) groups is 1. The van der Waals surface area contributed by atoms with Gasteiger partial charge in [-0.15, -0.1) is 0 Å². The van der Waals surface area contributed by atoms with E-state index in [0.29, 0.717) is 19.6 Å². The summed E-state index contributed by atoms with van der Waals surface area (Å²) in [6.45, 7) is 0.489. The van der Waals surface area contributed by atoms with Gasteiger partial charge in [-0.2, -0.15) is 0 Å². The van der Waals surface area contributed by atoms with Gasteiger partial charge in [-0.1, -0.05) is 6.07 Å². The van der Waals surface area contributed by atoms with Crippen molar-refractivity contribution in [1.29, 1.82) is 0 Å². The molecule has 0 aromatic heterocycles. The molecule has 8 heteroatoms. The van der Waals surface area contributed by atoms with Gasteiger partial charge < -0.3 is 10.1 Å². The zero-order valence-corrected chi connectivity index (χ0v) is 12.8. The molecule has 1 N–H and O–H groups in total. The number of hydrogen-bond donors (Lipinski definition) is 1. The highest BCUT2D eigenvalue weighted by Gasteiger charge is 2.20. The van der Waals surface area contributed by atoms with Crippen LogP contribution in [0.4, 0.5) is 10.1 Å². The third-order valence-corrected chi connectivity index (χ3v) is 3.77. The van der Waals surface area contributed by atoms with Crippen molar-refractivity contribution in [3.63, 3.8) is 0 Å². The van der Waals surface area contributed by atoms with Crippen LogP contribution in [0.1, 0.15) is 6.42 Å². The Morgan fingerprint density at radius 2 is 2.14 bits per heavy atom. The van der Waals surface area contributed by atoms with Crippen LogP contribution >= 0.6 is 0 Å². The maximum Gasteiger partial charge on any atom is 0.240 e. The van der Waals surface area contributed by atoms with Crippen molar-refractivity contribution in [1.82, 2.24) is 5.32 Å². The van der Waals surface area contributed by atoms with Crippen molar-refractivity contribution < 1.29 is 22.3 Å². The Morgan fingerprint density at radius 1 is 1.43 bits per heavy atom. The summed E-state index contributed by atoms with van der Waals surface area (Å²) in [4.78, 5) is 11.8. The molecule has 21 heavy (non-hydrogen) atoms. The van der Waals surface area contributed by atoms with Gasteiger partial charge in [-0.3, -0.25) is 9.10 Å². The van der Waals surface area contributed by atoms with Gasteiger partial charge in [0, 0.05) is 20.3 Å². The van der Waals surface area contributed by atoms with Crippen LogP contribution in [0, 0.1) is 5.82 Å². The van der Waals surface area contributed by atoms with Gasteiger partial charge in [0.05, 0.1) is 11.9 Å². The van der Waals surface area contributed by atoms with Crippen LogP contribution in [0.5, 0.6) is 0 Å². The number of nitrogens with one attached hydrogen (secondary N) is 1. The molecule has 0 saturated carbocycles. The number of hydrogen-bond acceptors (Lipinski definition) is 4. The van der Waals surface area contributed by atoms with Crippen molar-refractivity contribution in [2.75, 3.05) is 37.4 Å². The lowest BCUT2D eigenvalue weighted by molar-refractivity contribution is -0.119. The number of rotatable bonds is 8. The predicted molar refractivity (Wildman–Crippen MR) is 78.1 cm³/mol. The maximum absolute atomic E-state index is 13.2. The Morgan fingerprint density at radius 3 is 2.71 bits per heavy atom. The molecule has 0 aliphatic rings. The molecule has 0 aliphatic heterocycles. The van der Waals surface area contributed by atoms with Crippen molar-refractivity contribution in [2.45, 2.75) is 6.42 Å². The van der Waals surface area contributed by atoms with Crippen LogP contribution in [0.15, 0.2) is 24.3 Å². The van der Waals surface area contributed by atoms with Gasteiger partial charge in [0.25, 0.3) is 0 Å². The molecule has 1 amide bonds. The minimum atomic E-state index is -3.68. The van der Waals surface area contributed by atoms with Gasteiger partial charge in [0.15, 0.2) is 0 Å². The summed E-state index contributed by atoms with van der Waals surface area (Å²) < 4.78 is 42.4. The summed E-state index contributed by atoms with van der Waals surface area (Å²) in [6, 6.07) is 5.09. The lowest BCUT2D eigenvalue weighted by Gasteiger charge is -2.21. The number of halogens is 1. The van der Waals surface area contributed by atoms with Crippen LogP contribution in [0.25, 0.3) is 0 Å². The van der Waals surface area contributed by atoms with E-state index in [1.807, 2.05) is 0 Å². The molecule has 0 atom stereocenters. The third-order valence-electron chi connectivity index (χ3n) is 2.63. The standard InChI is InChI=1S/C13H19FN2O4S/c1-20-8-4-7-15-13(17)10-16(21(2,18)19)12-6-3-5-11(14)9-12/h3,5-6,9H,4,7-8,10H2,1-2H3,(H,15,17). The Labute approximate surface area is 123 Å². The first kappa shape index (κ1) is 17.4. The fourth-order valence-electron chi connectivity index (χ4n) is 1.66. The largest absolute Gasteiger partial charge is 0.385 e. The first-order valence-electron chi connectivity index (χ1n) is 6.33. The summed E-state index contributed by atoms with van der Waals surface area (Å²) in [5.41, 5.74) is 0.115. The van der Waals surface area contributed by atoms with Gasteiger partial charge in [-0.25, -0.2) is 12.8 Å². The molecule has 0 unspecified atom stereocenters.